The summed E-state index contributed by atoms with van der Waals surface area (Å²) in [6.45, 7) is 5.18. The highest BCUT2D eigenvalue weighted by Crippen LogP contribution is 2.29. The van der Waals surface area contributed by atoms with Gasteiger partial charge in [0.1, 0.15) is 0 Å². The van der Waals surface area contributed by atoms with Crippen LogP contribution in [0, 0.1) is 11.7 Å². The molecule has 0 aromatic heterocycles. The van der Waals surface area contributed by atoms with Crippen LogP contribution in [0.5, 0.6) is 5.75 Å². The molecule has 7 heteroatoms. The van der Waals surface area contributed by atoms with Gasteiger partial charge < -0.3 is 19.7 Å². The van der Waals surface area contributed by atoms with Gasteiger partial charge in [0.15, 0.2) is 11.6 Å². The number of nitrogens with one attached hydrogen (secondary N) is 1. The smallest absolute Gasteiger partial charge is 0.222 e. The van der Waals surface area contributed by atoms with Crippen LogP contribution < -0.4 is 15.0 Å². The number of piperazine rings is 1. The fraction of sp³-hybridized carbons (Fsp3) is 0.696. The number of methoxy groups -OCH3 is 2. The number of rotatable bonds is 9. The quantitative estimate of drug-likeness (QED) is 0.664. The first-order valence-corrected chi connectivity index (χ1v) is 11.2. The Morgan fingerprint density at radius 3 is 2.53 bits per heavy atom. The lowest BCUT2D eigenvalue weighted by molar-refractivity contribution is -0.122. The molecular weight excluding hydrogens is 385 g/mol. The predicted molar refractivity (Wildman–Crippen MR) is 117 cm³/mol. The maximum absolute atomic E-state index is 14.5. The molecule has 1 aromatic carbocycles. The van der Waals surface area contributed by atoms with Gasteiger partial charge in [0.05, 0.1) is 19.4 Å². The first-order chi connectivity index (χ1) is 14.6. The molecule has 1 saturated heterocycles. The minimum atomic E-state index is -0.264. The maximum atomic E-state index is 14.5. The van der Waals surface area contributed by atoms with Gasteiger partial charge in [-0.05, 0) is 56.7 Å². The third kappa shape index (κ3) is 6.32. The summed E-state index contributed by atoms with van der Waals surface area (Å²) >= 11 is 0. The summed E-state index contributed by atoms with van der Waals surface area (Å²) < 4.78 is 24.6. The van der Waals surface area contributed by atoms with Crippen LogP contribution in [0.15, 0.2) is 18.2 Å². The Kier molecular flexibility index (Phi) is 8.75. The van der Waals surface area contributed by atoms with Crippen LogP contribution in [-0.2, 0) is 9.53 Å². The second-order valence-electron chi connectivity index (χ2n) is 8.44. The zero-order valence-electron chi connectivity index (χ0n) is 18.4. The first kappa shape index (κ1) is 22.8. The molecule has 0 radical (unpaired) electrons. The maximum Gasteiger partial charge on any atom is 0.222 e. The van der Waals surface area contributed by atoms with Gasteiger partial charge in [0.25, 0.3) is 0 Å². The van der Waals surface area contributed by atoms with Crippen LogP contribution in [-0.4, -0.2) is 70.4 Å². The van der Waals surface area contributed by atoms with E-state index in [2.05, 4.69) is 15.1 Å². The monoisotopic (exact) mass is 421 g/mol. The van der Waals surface area contributed by atoms with Crippen molar-refractivity contribution in [3.63, 3.8) is 0 Å². The Morgan fingerprint density at radius 2 is 1.87 bits per heavy atom. The van der Waals surface area contributed by atoms with Crippen LogP contribution in [0.4, 0.5) is 10.1 Å². The molecule has 0 atom stereocenters. The molecule has 1 aliphatic carbocycles. The Labute approximate surface area is 179 Å². The highest BCUT2D eigenvalue weighted by Gasteiger charge is 2.25. The molecular formula is C23H36FN3O3. The molecule has 1 heterocycles. The number of halogens is 1. The predicted octanol–water partition coefficient (Wildman–Crippen LogP) is 3.06. The summed E-state index contributed by atoms with van der Waals surface area (Å²) in [5.41, 5.74) is 0.639. The SMILES string of the molecule is COCCC(=O)NC1CCC(CCN2CCN(c3cccc(OC)c3F)CC2)CC1. The first-order valence-electron chi connectivity index (χ1n) is 11.2. The van der Waals surface area contributed by atoms with E-state index in [9.17, 15) is 9.18 Å². The number of ether oxygens (including phenoxy) is 2. The largest absolute Gasteiger partial charge is 0.494 e. The van der Waals surface area contributed by atoms with Crippen molar-refractivity contribution in [3.8, 4) is 5.75 Å². The van der Waals surface area contributed by atoms with E-state index in [1.54, 1.807) is 13.2 Å². The van der Waals surface area contributed by atoms with Crippen LogP contribution >= 0.6 is 0 Å². The number of anilines is 1. The highest BCUT2D eigenvalue weighted by molar-refractivity contribution is 5.76. The van der Waals surface area contributed by atoms with Crippen molar-refractivity contribution in [2.24, 2.45) is 5.92 Å². The van der Waals surface area contributed by atoms with Crippen LogP contribution in [0.2, 0.25) is 0 Å². The molecule has 1 amide bonds. The van der Waals surface area contributed by atoms with E-state index < -0.39 is 0 Å². The molecule has 1 N–H and O–H groups in total. The average Bonchev–Trinajstić information content (AvgIpc) is 2.78. The minimum Gasteiger partial charge on any atom is -0.494 e. The normalized spacial score (nSPS) is 22.7. The Morgan fingerprint density at radius 1 is 1.13 bits per heavy atom. The molecule has 0 spiro atoms. The van der Waals surface area contributed by atoms with E-state index in [1.165, 1.54) is 26.4 Å². The highest BCUT2D eigenvalue weighted by atomic mass is 19.1. The van der Waals surface area contributed by atoms with E-state index in [4.69, 9.17) is 9.47 Å². The van der Waals surface area contributed by atoms with Crippen molar-refractivity contribution in [3.05, 3.63) is 24.0 Å². The van der Waals surface area contributed by atoms with Crippen LogP contribution in [0.25, 0.3) is 0 Å². The molecule has 30 heavy (non-hydrogen) atoms. The molecule has 2 fully saturated rings. The van der Waals surface area contributed by atoms with E-state index >= 15 is 0 Å². The lowest BCUT2D eigenvalue weighted by atomic mass is 9.84. The molecule has 0 unspecified atom stereocenters. The number of benzene rings is 1. The summed E-state index contributed by atoms with van der Waals surface area (Å²) in [5, 5.41) is 3.14. The molecule has 3 rings (SSSR count). The number of carbonyl (C=O) groups is 1. The lowest BCUT2D eigenvalue weighted by Gasteiger charge is -2.37. The Hall–Kier alpha value is -1.86. The van der Waals surface area contributed by atoms with Gasteiger partial charge in [0.2, 0.25) is 5.91 Å². The van der Waals surface area contributed by atoms with E-state index in [0.717, 1.165) is 51.5 Å². The van der Waals surface area contributed by atoms with Gasteiger partial charge in [-0.15, -0.1) is 0 Å². The topological polar surface area (TPSA) is 54.0 Å². The second kappa shape index (κ2) is 11.5. The number of hydrogen-bond acceptors (Lipinski definition) is 5. The van der Waals surface area contributed by atoms with Crippen molar-refractivity contribution in [2.45, 2.75) is 44.6 Å². The summed E-state index contributed by atoms with van der Waals surface area (Å²) in [6.07, 6.45) is 6.17. The zero-order valence-corrected chi connectivity index (χ0v) is 18.4. The molecule has 1 aliphatic heterocycles. The van der Waals surface area contributed by atoms with Crippen molar-refractivity contribution >= 4 is 11.6 Å². The van der Waals surface area contributed by atoms with E-state index in [-0.39, 0.29) is 11.7 Å². The molecule has 1 saturated carbocycles. The molecule has 1 aromatic rings. The Bertz CT molecular complexity index is 672. The van der Waals surface area contributed by atoms with Gasteiger partial charge in [-0.25, -0.2) is 4.39 Å². The zero-order chi connectivity index (χ0) is 21.3. The Balaban J connectivity index is 1.34. The van der Waals surface area contributed by atoms with Gasteiger partial charge in [0, 0.05) is 45.8 Å². The summed E-state index contributed by atoms with van der Waals surface area (Å²) in [7, 11) is 3.12. The molecule has 0 bridgehead atoms. The van der Waals surface area contributed by atoms with E-state index in [1.807, 2.05) is 12.1 Å². The summed E-state index contributed by atoms with van der Waals surface area (Å²) in [4.78, 5) is 16.4. The van der Waals surface area contributed by atoms with Crippen molar-refractivity contribution < 1.29 is 18.7 Å². The molecule has 168 valence electrons. The van der Waals surface area contributed by atoms with Gasteiger partial charge in [-0.3, -0.25) is 9.69 Å². The number of amides is 1. The number of hydrogen-bond donors (Lipinski definition) is 1. The fourth-order valence-electron chi connectivity index (χ4n) is 4.57. The fourth-order valence-corrected chi connectivity index (χ4v) is 4.57. The third-order valence-corrected chi connectivity index (χ3v) is 6.47. The van der Waals surface area contributed by atoms with Crippen molar-refractivity contribution in [1.29, 1.82) is 0 Å². The third-order valence-electron chi connectivity index (χ3n) is 6.47. The molecule has 2 aliphatic rings. The molecule has 6 nitrogen and oxygen atoms in total. The minimum absolute atomic E-state index is 0.102. The standard InChI is InChI=1S/C23H36FN3O3/c1-29-17-11-22(28)25-19-8-6-18(7-9-19)10-12-26-13-15-27(16-14-26)20-4-3-5-21(30-2)23(20)24/h3-5,18-19H,6-17H2,1-2H3,(H,25,28). The van der Waals surface area contributed by atoms with Gasteiger partial charge >= 0.3 is 0 Å². The van der Waals surface area contributed by atoms with Crippen molar-refractivity contribution in [1.82, 2.24) is 10.2 Å². The number of nitrogens with zero attached hydrogens (tertiary/aromatic N) is 2. The van der Waals surface area contributed by atoms with Crippen LogP contribution in [0.3, 0.4) is 0 Å². The van der Waals surface area contributed by atoms with Crippen LogP contribution in [0.1, 0.15) is 38.5 Å². The summed E-state index contributed by atoms with van der Waals surface area (Å²) in [6, 6.07) is 5.67. The number of carbonyl (C=O) groups excluding carboxylic acids is 1. The average molecular weight is 422 g/mol. The van der Waals surface area contributed by atoms with E-state index in [0.29, 0.717) is 30.5 Å². The summed E-state index contributed by atoms with van der Waals surface area (Å²) in [5.74, 6) is 0.886. The van der Waals surface area contributed by atoms with Gasteiger partial charge in [-0.2, -0.15) is 0 Å². The lowest BCUT2D eigenvalue weighted by Crippen LogP contribution is -2.47. The van der Waals surface area contributed by atoms with Crippen molar-refractivity contribution in [2.75, 3.05) is 58.5 Å². The second-order valence-corrected chi connectivity index (χ2v) is 8.44. The van der Waals surface area contributed by atoms with Gasteiger partial charge in [-0.1, -0.05) is 6.07 Å².